The van der Waals surface area contributed by atoms with E-state index in [1.54, 1.807) is 24.3 Å². The van der Waals surface area contributed by atoms with Crippen LogP contribution >= 0.6 is 25.3 Å². The predicted molar refractivity (Wildman–Crippen MR) is 358 cm³/mol. The number of carbonyl (C=O) groups excluding carboxylic acids is 10. The van der Waals surface area contributed by atoms with Crippen LogP contribution in [0.5, 0.6) is 0 Å². The van der Waals surface area contributed by atoms with Gasteiger partial charge in [-0.15, -0.1) is 0 Å². The molecule has 0 aromatic heterocycles. The highest BCUT2D eigenvalue weighted by atomic mass is 32.1. The highest BCUT2D eigenvalue weighted by Gasteiger charge is 2.44. The number of carbonyl (C=O) groups is 10. The zero-order valence-corrected chi connectivity index (χ0v) is 56.0. The fourth-order valence-electron chi connectivity index (χ4n) is 11.5. The zero-order valence-electron chi connectivity index (χ0n) is 54.2. The number of unbranched alkanes of at least 4 members (excludes halogenated alkanes) is 6. The lowest BCUT2D eigenvalue weighted by atomic mass is 9.99. The molecule has 10 amide bonds. The second-order valence-corrected chi connectivity index (χ2v) is 26.2. The van der Waals surface area contributed by atoms with Gasteiger partial charge in [0, 0.05) is 64.7 Å². The molecule has 0 spiro atoms. The van der Waals surface area contributed by atoms with Gasteiger partial charge in [0.25, 0.3) is 0 Å². The minimum Gasteiger partial charge on any atom is -0.362 e. The molecule has 0 aliphatic carbocycles. The molecule has 3 heterocycles. The van der Waals surface area contributed by atoms with Gasteiger partial charge in [0.2, 0.25) is 59.1 Å². The van der Waals surface area contributed by atoms with E-state index in [9.17, 15) is 47.9 Å². The van der Waals surface area contributed by atoms with E-state index in [2.05, 4.69) is 78.4 Å². The minimum absolute atomic E-state index is 0.00539. The number of amides is 10. The van der Waals surface area contributed by atoms with Gasteiger partial charge in [0.05, 0.1) is 30.3 Å². The number of fused-ring (bicyclic) bond motifs is 2. The third-order valence-corrected chi connectivity index (χ3v) is 17.2. The molecule has 2 aromatic rings. The summed E-state index contributed by atoms with van der Waals surface area (Å²) < 4.78 is 12.4. The van der Waals surface area contributed by atoms with E-state index in [1.807, 2.05) is 64.1 Å². The maximum Gasteiger partial charge on any atom is 0.249 e. The van der Waals surface area contributed by atoms with Crippen molar-refractivity contribution in [2.75, 3.05) is 37.7 Å². The summed E-state index contributed by atoms with van der Waals surface area (Å²) in [4.78, 5) is 139. The number of hydrogen-bond donors (Lipinski definition) is 14. The number of rotatable bonds is 39. The van der Waals surface area contributed by atoms with E-state index >= 15 is 0 Å². The minimum atomic E-state index is -1.24. The van der Waals surface area contributed by atoms with E-state index in [4.69, 9.17) is 20.9 Å². The highest BCUT2D eigenvalue weighted by Crippen LogP contribution is 2.24. The topological polar surface area (TPSA) is 361 Å². The summed E-state index contributed by atoms with van der Waals surface area (Å²) in [5.74, 6) is -3.46. The van der Waals surface area contributed by atoms with Crippen molar-refractivity contribution >= 4 is 84.3 Å². The molecule has 12 atom stereocenters. The molecule has 0 radical (unpaired) electrons. The fraction of sp³-hybridized carbons (Fsp3) is 0.667. The van der Waals surface area contributed by atoms with Gasteiger partial charge >= 0.3 is 0 Å². The number of nitrogens with one attached hydrogen (secondary N) is 10. The Morgan fingerprint density at radius 2 is 1.16 bits per heavy atom. The summed E-state index contributed by atoms with van der Waals surface area (Å²) >= 11 is 8.46. The molecule has 24 nitrogen and oxygen atoms in total. The van der Waals surface area contributed by atoms with Crippen LogP contribution in [0.15, 0.2) is 60.7 Å². The average molecular weight is 1320 g/mol. The monoisotopic (exact) mass is 1320 g/mol. The third kappa shape index (κ3) is 27.3. The van der Waals surface area contributed by atoms with Crippen molar-refractivity contribution in [2.45, 2.75) is 229 Å². The fourth-order valence-corrected chi connectivity index (χ4v) is 11.9. The van der Waals surface area contributed by atoms with Crippen LogP contribution in [0.25, 0.3) is 0 Å². The van der Waals surface area contributed by atoms with Crippen LogP contribution < -0.4 is 64.6 Å². The Balaban J connectivity index is 1.30. The second-order valence-electron chi connectivity index (χ2n) is 25.3. The maximum absolute atomic E-state index is 14.8. The Labute approximate surface area is 554 Å². The molecule has 3 aliphatic heterocycles. The number of thiol groups is 2. The molecular formula is C66H104N12O12S2. The lowest BCUT2D eigenvalue weighted by Crippen LogP contribution is -2.59. The molecule has 3 saturated heterocycles. The molecular weight excluding hydrogens is 1220 g/mol. The Morgan fingerprint density at radius 3 is 1.76 bits per heavy atom. The van der Waals surface area contributed by atoms with Gasteiger partial charge in [-0.3, -0.25) is 47.9 Å². The van der Waals surface area contributed by atoms with Gasteiger partial charge in [0.1, 0.15) is 42.4 Å². The molecule has 0 saturated carbocycles. The lowest BCUT2D eigenvalue weighted by molar-refractivity contribution is -0.138. The molecule has 512 valence electrons. The zero-order chi connectivity index (χ0) is 67.0. The molecule has 3 aliphatic rings. The Morgan fingerprint density at radius 1 is 0.587 bits per heavy atom. The molecule has 5 rings (SSSR count). The third-order valence-electron chi connectivity index (χ3n) is 16.6. The largest absolute Gasteiger partial charge is 0.362 e. The normalized spacial score (nSPS) is 22.0. The summed E-state index contributed by atoms with van der Waals surface area (Å²) in [5.41, 5.74) is 13.9. The van der Waals surface area contributed by atoms with Crippen molar-refractivity contribution in [3.63, 3.8) is 0 Å². The first-order valence-corrected chi connectivity index (χ1v) is 34.4. The van der Waals surface area contributed by atoms with E-state index in [0.717, 1.165) is 55.6 Å². The van der Waals surface area contributed by atoms with Gasteiger partial charge in [-0.05, 0) is 112 Å². The van der Waals surface area contributed by atoms with Gasteiger partial charge in [-0.2, -0.15) is 25.3 Å². The average Bonchev–Trinajstić information content (AvgIpc) is 2.22. The van der Waals surface area contributed by atoms with Crippen molar-refractivity contribution in [2.24, 2.45) is 23.3 Å². The van der Waals surface area contributed by atoms with Gasteiger partial charge in [-0.25, -0.2) is 0 Å². The molecule has 2 aromatic carbocycles. The Bertz CT molecular complexity index is 2660. The molecule has 3 fully saturated rings. The number of hydrogen-bond acceptors (Lipinski definition) is 16. The van der Waals surface area contributed by atoms with Gasteiger partial charge in [0.15, 0.2) is 0 Å². The van der Waals surface area contributed by atoms with Crippen LogP contribution in [0.1, 0.15) is 154 Å². The van der Waals surface area contributed by atoms with Crippen LogP contribution in [0.3, 0.4) is 0 Å². The Hall–Kier alpha value is -6.32. The van der Waals surface area contributed by atoms with Crippen molar-refractivity contribution < 1.29 is 57.4 Å². The lowest BCUT2D eigenvalue weighted by Gasteiger charge is -2.28. The summed E-state index contributed by atoms with van der Waals surface area (Å²) in [6.07, 6.45) is 5.09. The first-order valence-electron chi connectivity index (χ1n) is 33.2. The van der Waals surface area contributed by atoms with Gasteiger partial charge < -0.3 is 74.1 Å². The van der Waals surface area contributed by atoms with E-state index < -0.39 is 120 Å². The molecule has 0 unspecified atom stereocenters. The predicted octanol–water partition coefficient (Wildman–Crippen LogP) is 2.24. The second kappa shape index (κ2) is 41.4. The number of nitrogens with two attached hydrogens (primary N) is 2. The molecule has 14 N–H and O–H groups in total. The van der Waals surface area contributed by atoms with Crippen LogP contribution in [-0.4, -0.2) is 170 Å². The van der Waals surface area contributed by atoms with Crippen LogP contribution in [0.2, 0.25) is 0 Å². The molecule has 2 bridgehead atoms. The van der Waals surface area contributed by atoms with Crippen LogP contribution in [-0.2, 0) is 70.3 Å². The smallest absolute Gasteiger partial charge is 0.249 e. The highest BCUT2D eigenvalue weighted by molar-refractivity contribution is 7.80. The summed E-state index contributed by atoms with van der Waals surface area (Å²) in [7, 11) is 0. The van der Waals surface area contributed by atoms with Crippen LogP contribution in [0.4, 0.5) is 0 Å². The SMILES string of the molecule is CC(C)C[C@@H]1NC(=O)[C@H](Cc2ccccc2)NC(=O)[C@@H]2C[C@H](NC(=O)[C@H](CCCCNC(=O)CCCCCS)NC(=O)[C@H](CC(C)C)NC(=O)[C@H](Cc3ccccc3)NC(=O)[C@@H]3C[C@H](NC(=O)[C@@H](N)CCCCNC(=O)CCCCCS)[C@@H](CN)O3)[C@@H](CNC1=O)O2. The van der Waals surface area contributed by atoms with Crippen molar-refractivity contribution in [3.05, 3.63) is 71.8 Å². The van der Waals surface area contributed by atoms with E-state index in [1.165, 1.54) is 0 Å². The van der Waals surface area contributed by atoms with E-state index in [-0.39, 0.29) is 75.3 Å². The number of benzene rings is 2. The standard InChI is InChI=1S/C66H104N12O12S2/c1-41(2)33-49-60(82)71-40-56-48(38-54(90-56)66(88)78-51(63(85)75-49)35-43-21-9-5-10-22-43)74-61(83)46(26-16-18-30-70-58(80)28-14-8-20-32-92)72-62(84)50(34-42(3)4)76-64(86)52(36-44-23-11-6-12-24-44)77-65(87)53-37-47(55(39-67)89-53)73-59(81)45(68)25-15-17-29-69-57(79)27-13-7-19-31-91/h5-6,9-12,21-24,41-42,45-56,91-92H,7-8,13-20,25-40,67-68H2,1-4H3,(H,69,79)(H,70,80)(H,71,82)(H,72,84)(H,73,81)(H,74,83)(H,75,85)(H,76,86)(H,77,87)(H,78,88)/t45-,46-,47-,48-,49-,50-,51-,52-,53-,54-,55+,56+/m0/s1. The quantitative estimate of drug-likeness (QED) is 0.0337. The molecule has 26 heteroatoms. The molecule has 92 heavy (non-hydrogen) atoms. The van der Waals surface area contributed by atoms with E-state index in [0.29, 0.717) is 70.0 Å². The summed E-state index contributed by atoms with van der Waals surface area (Å²) in [6, 6.07) is 9.99. The summed E-state index contributed by atoms with van der Waals surface area (Å²) in [5, 5.41) is 29.0. The Kier molecular flexibility index (Phi) is 34.4. The number of ether oxygens (including phenoxy) is 2. The first kappa shape index (κ1) is 76.4. The van der Waals surface area contributed by atoms with Crippen LogP contribution in [0, 0.1) is 11.8 Å². The maximum atomic E-state index is 14.8. The first-order chi connectivity index (χ1) is 44.2. The summed E-state index contributed by atoms with van der Waals surface area (Å²) in [6.45, 7) is 8.19. The van der Waals surface area contributed by atoms with Gasteiger partial charge in [-0.1, -0.05) is 101 Å². The van der Waals surface area contributed by atoms with Crippen molar-refractivity contribution in [1.82, 2.24) is 53.2 Å². The van der Waals surface area contributed by atoms with Crippen molar-refractivity contribution in [1.29, 1.82) is 0 Å². The van der Waals surface area contributed by atoms with Crippen molar-refractivity contribution in [3.8, 4) is 0 Å².